The molecule has 0 aliphatic carbocycles. The first-order chi connectivity index (χ1) is 16.5. The van der Waals surface area contributed by atoms with Crippen molar-refractivity contribution >= 4 is 5.91 Å². The number of benzene rings is 2. The molecule has 1 aliphatic heterocycles. The maximum absolute atomic E-state index is 13.5. The first-order valence-electron chi connectivity index (χ1n) is 11.1. The van der Waals surface area contributed by atoms with Gasteiger partial charge in [-0.1, -0.05) is 24.3 Å². The summed E-state index contributed by atoms with van der Waals surface area (Å²) in [5.41, 5.74) is 1.69. The van der Waals surface area contributed by atoms with Gasteiger partial charge in [-0.05, 0) is 41.5 Å². The molecule has 4 rings (SSSR count). The zero-order chi connectivity index (χ0) is 24.1. The second-order valence-electron chi connectivity index (χ2n) is 8.11. The second kappa shape index (κ2) is 10.7. The topological polar surface area (TPSA) is 67.7 Å². The number of ether oxygens (including phenoxy) is 1. The summed E-state index contributed by atoms with van der Waals surface area (Å²) < 4.78 is 33.3. The summed E-state index contributed by atoms with van der Waals surface area (Å²) in [4.78, 5) is 28.9. The van der Waals surface area contributed by atoms with Gasteiger partial charge in [0.05, 0.1) is 19.2 Å². The summed E-state index contributed by atoms with van der Waals surface area (Å²) in [5, 5.41) is 4.20. The van der Waals surface area contributed by atoms with Crippen LogP contribution >= 0.6 is 0 Å². The van der Waals surface area contributed by atoms with Gasteiger partial charge in [0.2, 0.25) is 0 Å². The molecule has 0 bridgehead atoms. The van der Waals surface area contributed by atoms with Crippen LogP contribution in [0.1, 0.15) is 27.7 Å². The van der Waals surface area contributed by atoms with E-state index in [-0.39, 0.29) is 41.4 Å². The van der Waals surface area contributed by atoms with Crippen LogP contribution in [0.25, 0.3) is 0 Å². The van der Waals surface area contributed by atoms with Crippen LogP contribution < -0.4 is 5.56 Å². The van der Waals surface area contributed by atoms with Crippen molar-refractivity contribution in [3.05, 3.63) is 99.5 Å². The molecule has 2 aromatic carbocycles. The number of methoxy groups -OCH3 is 1. The average molecular weight is 469 g/mol. The van der Waals surface area contributed by atoms with Gasteiger partial charge in [-0.15, -0.1) is 0 Å². The van der Waals surface area contributed by atoms with Crippen molar-refractivity contribution in [1.82, 2.24) is 19.6 Å². The summed E-state index contributed by atoms with van der Waals surface area (Å²) in [6.07, 6.45) is 0. The van der Waals surface area contributed by atoms with Gasteiger partial charge < -0.3 is 9.64 Å². The van der Waals surface area contributed by atoms with Gasteiger partial charge in [0, 0.05) is 39.4 Å². The molecule has 1 fully saturated rings. The summed E-state index contributed by atoms with van der Waals surface area (Å²) in [5.74, 6) is -0.890. The minimum atomic E-state index is -0.323. The van der Waals surface area contributed by atoms with Crippen LogP contribution in [-0.2, 0) is 11.3 Å². The highest BCUT2D eigenvalue weighted by Gasteiger charge is 2.29. The van der Waals surface area contributed by atoms with E-state index in [1.54, 1.807) is 29.2 Å². The summed E-state index contributed by atoms with van der Waals surface area (Å²) in [7, 11) is 1.53. The van der Waals surface area contributed by atoms with Crippen LogP contribution in [0.5, 0.6) is 0 Å². The highest BCUT2D eigenvalue weighted by Crippen LogP contribution is 2.30. The lowest BCUT2D eigenvalue weighted by Crippen LogP contribution is -2.50. The molecular weight excluding hydrogens is 442 g/mol. The molecule has 0 radical (unpaired) electrons. The maximum atomic E-state index is 13.5. The molecule has 0 atom stereocenters. The average Bonchev–Trinajstić information content (AvgIpc) is 2.86. The van der Waals surface area contributed by atoms with Gasteiger partial charge in [-0.25, -0.2) is 13.5 Å². The fraction of sp³-hybridized carbons (Fsp3) is 0.320. The molecular formula is C25H26F2N4O3. The standard InChI is InChI=1S/C25H26F2N4O3/c1-34-17-16-31-23(32)11-10-22(28-31)25(33)30-14-12-29(13-15-30)24(18-2-6-20(26)7-3-18)19-4-8-21(27)9-5-19/h2-11,24H,12-17H2,1H3. The van der Waals surface area contributed by atoms with Crippen molar-refractivity contribution in [2.45, 2.75) is 12.6 Å². The highest BCUT2D eigenvalue weighted by atomic mass is 19.1. The van der Waals surface area contributed by atoms with Crippen molar-refractivity contribution in [2.75, 3.05) is 39.9 Å². The summed E-state index contributed by atoms with van der Waals surface area (Å²) in [6.45, 7) is 2.62. The van der Waals surface area contributed by atoms with Crippen LogP contribution in [0.4, 0.5) is 8.78 Å². The van der Waals surface area contributed by atoms with E-state index < -0.39 is 0 Å². The van der Waals surface area contributed by atoms with Crippen LogP contribution in [0.2, 0.25) is 0 Å². The molecule has 34 heavy (non-hydrogen) atoms. The Labute approximate surface area is 196 Å². The van der Waals surface area contributed by atoms with E-state index in [2.05, 4.69) is 10.00 Å². The fourth-order valence-electron chi connectivity index (χ4n) is 4.15. The zero-order valence-corrected chi connectivity index (χ0v) is 18.9. The number of carbonyl (C=O) groups is 1. The SMILES string of the molecule is COCCn1nc(C(=O)N2CCN(C(c3ccc(F)cc3)c3ccc(F)cc3)CC2)ccc1=O. The van der Waals surface area contributed by atoms with Crippen molar-refractivity contribution in [3.63, 3.8) is 0 Å². The Hall–Kier alpha value is -3.43. The Kier molecular flexibility index (Phi) is 7.44. The molecule has 9 heteroatoms. The van der Waals surface area contributed by atoms with Crippen molar-refractivity contribution in [2.24, 2.45) is 0 Å². The van der Waals surface area contributed by atoms with Gasteiger partial charge in [-0.3, -0.25) is 14.5 Å². The molecule has 1 saturated heterocycles. The third-order valence-corrected chi connectivity index (χ3v) is 5.93. The van der Waals surface area contributed by atoms with Crippen molar-refractivity contribution in [3.8, 4) is 0 Å². The quantitative estimate of drug-likeness (QED) is 0.534. The minimum absolute atomic E-state index is 0.201. The molecule has 178 valence electrons. The number of halogens is 2. The number of nitrogens with zero attached hydrogens (tertiary/aromatic N) is 4. The molecule has 3 aromatic rings. The Morgan fingerprint density at radius 1 is 0.912 bits per heavy atom. The number of rotatable bonds is 7. The normalized spacial score (nSPS) is 14.5. The van der Waals surface area contributed by atoms with Crippen LogP contribution in [-0.4, -0.2) is 65.4 Å². The molecule has 2 heterocycles. The second-order valence-corrected chi connectivity index (χ2v) is 8.11. The van der Waals surface area contributed by atoms with Gasteiger partial charge in [0.15, 0.2) is 0 Å². The predicted molar refractivity (Wildman–Crippen MR) is 122 cm³/mol. The van der Waals surface area contributed by atoms with Gasteiger partial charge in [-0.2, -0.15) is 5.10 Å². The van der Waals surface area contributed by atoms with Gasteiger partial charge in [0.1, 0.15) is 17.3 Å². The third kappa shape index (κ3) is 5.37. The van der Waals surface area contributed by atoms with Crippen LogP contribution in [0, 0.1) is 11.6 Å². The smallest absolute Gasteiger partial charge is 0.274 e. The van der Waals surface area contributed by atoms with Crippen LogP contribution in [0.15, 0.2) is 65.5 Å². The first kappa shape index (κ1) is 23.7. The number of piperazine rings is 1. The van der Waals surface area contributed by atoms with Gasteiger partial charge >= 0.3 is 0 Å². The highest BCUT2D eigenvalue weighted by molar-refractivity contribution is 5.92. The number of aromatic nitrogens is 2. The molecule has 7 nitrogen and oxygen atoms in total. The molecule has 0 unspecified atom stereocenters. The Morgan fingerprint density at radius 2 is 1.47 bits per heavy atom. The number of amides is 1. The summed E-state index contributed by atoms with van der Waals surface area (Å²) in [6, 6.07) is 15.2. The largest absolute Gasteiger partial charge is 0.383 e. The fourth-order valence-corrected chi connectivity index (χ4v) is 4.15. The van der Waals surface area contributed by atoms with Crippen molar-refractivity contribution < 1.29 is 18.3 Å². The van der Waals surface area contributed by atoms with E-state index in [0.29, 0.717) is 32.8 Å². The summed E-state index contributed by atoms with van der Waals surface area (Å²) >= 11 is 0. The third-order valence-electron chi connectivity index (χ3n) is 5.93. The Morgan fingerprint density at radius 3 is 2.00 bits per heavy atom. The van der Waals surface area contributed by atoms with E-state index in [9.17, 15) is 18.4 Å². The van der Waals surface area contributed by atoms with E-state index in [0.717, 1.165) is 11.1 Å². The number of carbonyl (C=O) groups excluding carboxylic acids is 1. The molecule has 1 aromatic heterocycles. The lowest BCUT2D eigenvalue weighted by atomic mass is 9.96. The van der Waals surface area contributed by atoms with Gasteiger partial charge in [0.25, 0.3) is 11.5 Å². The number of hydrogen-bond donors (Lipinski definition) is 0. The molecule has 0 spiro atoms. The van der Waals surface area contributed by atoms with E-state index in [1.807, 2.05) is 0 Å². The molecule has 0 N–H and O–H groups in total. The predicted octanol–water partition coefficient (Wildman–Crippen LogP) is 2.72. The van der Waals surface area contributed by atoms with E-state index in [1.165, 1.54) is 48.2 Å². The lowest BCUT2D eigenvalue weighted by Gasteiger charge is -2.39. The van der Waals surface area contributed by atoms with E-state index in [4.69, 9.17) is 4.74 Å². The monoisotopic (exact) mass is 468 g/mol. The number of hydrogen-bond acceptors (Lipinski definition) is 5. The van der Waals surface area contributed by atoms with E-state index >= 15 is 0 Å². The first-order valence-corrected chi connectivity index (χ1v) is 11.1. The molecule has 1 aliphatic rings. The van der Waals surface area contributed by atoms with Crippen molar-refractivity contribution in [1.29, 1.82) is 0 Å². The Bertz CT molecular complexity index is 1130. The zero-order valence-electron chi connectivity index (χ0n) is 18.9. The molecule has 0 saturated carbocycles. The Balaban J connectivity index is 1.50. The maximum Gasteiger partial charge on any atom is 0.274 e. The lowest BCUT2D eigenvalue weighted by molar-refractivity contribution is 0.0588. The minimum Gasteiger partial charge on any atom is -0.383 e. The molecule has 1 amide bonds. The van der Waals surface area contributed by atoms with Crippen LogP contribution in [0.3, 0.4) is 0 Å².